The summed E-state index contributed by atoms with van der Waals surface area (Å²) in [6, 6.07) is 0.241. The van der Waals surface area contributed by atoms with E-state index in [1.165, 1.54) is 25.7 Å². The summed E-state index contributed by atoms with van der Waals surface area (Å²) in [6.45, 7) is 8.94. The van der Waals surface area contributed by atoms with Gasteiger partial charge in [-0.05, 0) is 50.9 Å². The van der Waals surface area contributed by atoms with E-state index >= 15 is 0 Å². The number of carbonyl (C=O) groups is 1. The van der Waals surface area contributed by atoms with Gasteiger partial charge in [0.05, 0.1) is 6.10 Å². The van der Waals surface area contributed by atoms with Gasteiger partial charge in [0.1, 0.15) is 5.54 Å². The van der Waals surface area contributed by atoms with Crippen molar-refractivity contribution in [3.63, 3.8) is 0 Å². The van der Waals surface area contributed by atoms with Gasteiger partial charge in [-0.2, -0.15) is 0 Å². The molecular weight excluding hydrogens is 312 g/mol. The molecule has 23 heavy (non-hydrogen) atoms. The molecule has 3 fully saturated rings. The monoisotopic (exact) mass is 344 g/mol. The summed E-state index contributed by atoms with van der Waals surface area (Å²) in [5, 5.41) is 3.25. The summed E-state index contributed by atoms with van der Waals surface area (Å²) in [5.41, 5.74) is 5.38. The third kappa shape index (κ3) is 2.91. The molecule has 4 nitrogen and oxygen atoms in total. The third-order valence-corrected chi connectivity index (χ3v) is 7.03. The highest BCUT2D eigenvalue weighted by atomic mass is 35.5. The van der Waals surface area contributed by atoms with Crippen LogP contribution in [0.15, 0.2) is 0 Å². The number of carbonyl (C=O) groups excluding carboxylic acids is 1. The predicted octanol–water partition coefficient (Wildman–Crippen LogP) is 2.88. The number of hydrogen-bond donors (Lipinski definition) is 2. The number of amides is 1. The van der Waals surface area contributed by atoms with Crippen LogP contribution in [0.1, 0.15) is 59.8 Å². The third-order valence-electron chi connectivity index (χ3n) is 7.03. The van der Waals surface area contributed by atoms with E-state index in [1.807, 2.05) is 6.92 Å². The largest absolute Gasteiger partial charge is 0.378 e. The van der Waals surface area contributed by atoms with Gasteiger partial charge in [-0.1, -0.05) is 20.3 Å². The van der Waals surface area contributed by atoms with Crippen LogP contribution in [0.4, 0.5) is 0 Å². The lowest BCUT2D eigenvalue weighted by molar-refractivity contribution is -0.171. The second-order valence-corrected chi connectivity index (χ2v) is 8.44. The van der Waals surface area contributed by atoms with Gasteiger partial charge in [0.15, 0.2) is 0 Å². The van der Waals surface area contributed by atoms with E-state index in [1.54, 1.807) is 0 Å². The first-order valence-corrected chi connectivity index (χ1v) is 9.01. The number of ether oxygens (including phenoxy) is 1. The minimum Gasteiger partial charge on any atom is -0.378 e. The van der Waals surface area contributed by atoms with Crippen molar-refractivity contribution in [2.75, 3.05) is 6.61 Å². The molecule has 0 saturated heterocycles. The molecule has 3 aliphatic carbocycles. The molecule has 0 radical (unpaired) electrons. The molecular formula is C18H33ClN2O2. The van der Waals surface area contributed by atoms with Crippen LogP contribution in [-0.2, 0) is 9.53 Å². The lowest BCUT2D eigenvalue weighted by Crippen LogP contribution is -2.76. The zero-order valence-electron chi connectivity index (χ0n) is 14.9. The van der Waals surface area contributed by atoms with Gasteiger partial charge in [0, 0.05) is 24.5 Å². The molecule has 5 heteroatoms. The molecule has 134 valence electrons. The molecule has 0 spiro atoms. The minimum absolute atomic E-state index is 0. The Balaban J connectivity index is 0.00000192. The standard InChI is InChI=1S/C18H32N2O2.ClH/c1-5-22-15-10-18(19,17(15,3)4)16(21)20-11(2)14-9-12-6-7-13(14)8-12;/h11-15H,5-10,19H2,1-4H3,(H,20,21);1H. The number of halogens is 1. The Morgan fingerprint density at radius 3 is 2.52 bits per heavy atom. The second kappa shape index (κ2) is 6.53. The second-order valence-electron chi connectivity index (χ2n) is 8.44. The highest BCUT2D eigenvalue weighted by Gasteiger charge is 2.63. The summed E-state index contributed by atoms with van der Waals surface area (Å²) in [5.74, 6) is 2.39. The summed E-state index contributed by atoms with van der Waals surface area (Å²) >= 11 is 0. The van der Waals surface area contributed by atoms with Crippen molar-refractivity contribution in [1.29, 1.82) is 0 Å². The number of rotatable bonds is 5. The van der Waals surface area contributed by atoms with Gasteiger partial charge < -0.3 is 15.8 Å². The van der Waals surface area contributed by atoms with Crippen LogP contribution in [0, 0.1) is 23.2 Å². The van der Waals surface area contributed by atoms with Crippen LogP contribution >= 0.6 is 12.4 Å². The molecule has 3 saturated carbocycles. The van der Waals surface area contributed by atoms with Crippen LogP contribution in [-0.4, -0.2) is 30.2 Å². The molecule has 3 aliphatic rings. The lowest BCUT2D eigenvalue weighted by atomic mass is 9.54. The summed E-state index contributed by atoms with van der Waals surface area (Å²) in [6.07, 6.45) is 6.12. The molecule has 1 amide bonds. The van der Waals surface area contributed by atoms with Crippen LogP contribution in [0.3, 0.4) is 0 Å². The molecule has 0 heterocycles. The van der Waals surface area contributed by atoms with Crippen LogP contribution in [0.25, 0.3) is 0 Å². The Bertz CT molecular complexity index is 456. The van der Waals surface area contributed by atoms with Crippen molar-refractivity contribution < 1.29 is 9.53 Å². The normalized spacial score (nSPS) is 41.8. The van der Waals surface area contributed by atoms with E-state index in [2.05, 4.69) is 26.1 Å². The molecule has 3 rings (SSSR count). The zero-order chi connectivity index (χ0) is 16.1. The maximum atomic E-state index is 12.8. The molecule has 0 aromatic heterocycles. The maximum absolute atomic E-state index is 12.8. The average molecular weight is 345 g/mol. The van der Waals surface area contributed by atoms with Crippen LogP contribution in [0.5, 0.6) is 0 Å². The van der Waals surface area contributed by atoms with Crippen molar-refractivity contribution in [1.82, 2.24) is 5.32 Å². The molecule has 0 aromatic rings. The molecule has 6 atom stereocenters. The number of nitrogens with one attached hydrogen (secondary N) is 1. The Hall–Kier alpha value is -0.320. The van der Waals surface area contributed by atoms with E-state index < -0.39 is 5.54 Å². The number of fused-ring (bicyclic) bond motifs is 2. The van der Waals surface area contributed by atoms with E-state index in [0.29, 0.717) is 18.9 Å². The first kappa shape index (κ1) is 19.0. The van der Waals surface area contributed by atoms with Crippen LogP contribution in [0.2, 0.25) is 0 Å². The molecule has 0 aliphatic heterocycles. The average Bonchev–Trinajstić information content (AvgIpc) is 3.09. The van der Waals surface area contributed by atoms with Crippen molar-refractivity contribution in [2.45, 2.75) is 77.5 Å². The smallest absolute Gasteiger partial charge is 0.241 e. The Labute approximate surface area is 146 Å². The van der Waals surface area contributed by atoms with E-state index in [9.17, 15) is 4.79 Å². The molecule has 6 unspecified atom stereocenters. The predicted molar refractivity (Wildman–Crippen MR) is 94.5 cm³/mol. The van der Waals surface area contributed by atoms with E-state index in [0.717, 1.165) is 11.8 Å². The minimum atomic E-state index is -0.793. The van der Waals surface area contributed by atoms with Crippen molar-refractivity contribution >= 4 is 18.3 Å². The van der Waals surface area contributed by atoms with Crippen molar-refractivity contribution in [3.05, 3.63) is 0 Å². The fourth-order valence-electron chi connectivity index (χ4n) is 5.17. The molecule has 2 bridgehead atoms. The fraction of sp³-hybridized carbons (Fsp3) is 0.944. The van der Waals surface area contributed by atoms with Gasteiger partial charge >= 0.3 is 0 Å². The Morgan fingerprint density at radius 1 is 1.35 bits per heavy atom. The molecule has 0 aromatic carbocycles. The summed E-state index contributed by atoms with van der Waals surface area (Å²) < 4.78 is 5.72. The van der Waals surface area contributed by atoms with Gasteiger partial charge in [0.25, 0.3) is 0 Å². The lowest BCUT2D eigenvalue weighted by Gasteiger charge is -2.57. The Kier molecular flexibility index (Phi) is 5.40. The van der Waals surface area contributed by atoms with Crippen LogP contribution < -0.4 is 11.1 Å². The summed E-state index contributed by atoms with van der Waals surface area (Å²) in [4.78, 5) is 12.8. The van der Waals surface area contributed by atoms with Crippen molar-refractivity contribution in [3.8, 4) is 0 Å². The first-order chi connectivity index (χ1) is 10.3. The SMILES string of the molecule is CCOC1CC(N)(C(=O)NC(C)C2CC3CCC2C3)C1(C)C.Cl. The maximum Gasteiger partial charge on any atom is 0.241 e. The fourth-order valence-corrected chi connectivity index (χ4v) is 5.17. The van der Waals surface area contributed by atoms with Gasteiger partial charge in [-0.15, -0.1) is 12.4 Å². The number of hydrogen-bond acceptors (Lipinski definition) is 3. The molecule has 3 N–H and O–H groups in total. The quantitative estimate of drug-likeness (QED) is 0.806. The highest BCUT2D eigenvalue weighted by molar-refractivity contribution is 5.89. The topological polar surface area (TPSA) is 64.3 Å². The van der Waals surface area contributed by atoms with Gasteiger partial charge in [-0.3, -0.25) is 4.79 Å². The number of nitrogens with two attached hydrogens (primary N) is 1. The Morgan fingerprint density at radius 2 is 2.04 bits per heavy atom. The van der Waals surface area contributed by atoms with E-state index in [4.69, 9.17) is 10.5 Å². The first-order valence-electron chi connectivity index (χ1n) is 9.01. The summed E-state index contributed by atoms with van der Waals surface area (Å²) in [7, 11) is 0. The highest BCUT2D eigenvalue weighted by Crippen LogP contribution is 2.51. The van der Waals surface area contributed by atoms with E-state index in [-0.39, 0.29) is 35.9 Å². The van der Waals surface area contributed by atoms with Gasteiger partial charge in [0.2, 0.25) is 5.91 Å². The zero-order valence-corrected chi connectivity index (χ0v) is 15.7. The van der Waals surface area contributed by atoms with Crippen molar-refractivity contribution in [2.24, 2.45) is 28.9 Å². The van der Waals surface area contributed by atoms with Gasteiger partial charge in [-0.25, -0.2) is 0 Å².